The average molecular weight is 369 g/mol. The molecule has 0 unspecified atom stereocenters. The maximum Gasteiger partial charge on any atom is 0.173 e. The zero-order valence-electron chi connectivity index (χ0n) is 13.3. The molecule has 0 radical (unpaired) electrons. The van der Waals surface area contributed by atoms with E-state index in [2.05, 4.69) is 17.3 Å². The van der Waals surface area contributed by atoms with E-state index in [1.807, 2.05) is 12.1 Å². The minimum Gasteiger partial charge on any atom is -0.346 e. The van der Waals surface area contributed by atoms with Crippen molar-refractivity contribution in [3.8, 4) is 0 Å². The molecule has 1 aromatic carbocycles. The first-order chi connectivity index (χ1) is 10.9. The lowest BCUT2D eigenvalue weighted by Crippen LogP contribution is -2.60. The molecule has 4 saturated carbocycles. The van der Waals surface area contributed by atoms with Crippen LogP contribution >= 0.6 is 35.4 Å². The molecule has 4 aliphatic rings. The van der Waals surface area contributed by atoms with Crippen LogP contribution in [0.25, 0.3) is 0 Å². The normalized spacial score (nSPS) is 34.5. The topological polar surface area (TPSA) is 15.3 Å². The standard InChI is InChI=1S/C18H22Cl2N2S/c1-22(17(23)21-16-6-14(19)5-15(20)7-16)18-8-11-2-12(9-18)4-13(3-11)10-18/h5-7,11-13H,2-4,8-10H2,1H3,(H,21,23). The minimum absolute atomic E-state index is 0.265. The van der Waals surface area contributed by atoms with E-state index < -0.39 is 0 Å². The predicted octanol–water partition coefficient (Wildman–Crippen LogP) is 5.59. The molecule has 4 fully saturated rings. The van der Waals surface area contributed by atoms with Crippen molar-refractivity contribution in [1.82, 2.24) is 4.90 Å². The van der Waals surface area contributed by atoms with Crippen molar-refractivity contribution in [1.29, 1.82) is 0 Å². The van der Waals surface area contributed by atoms with Crippen molar-refractivity contribution in [2.75, 3.05) is 12.4 Å². The van der Waals surface area contributed by atoms with Gasteiger partial charge < -0.3 is 10.2 Å². The molecule has 0 aromatic heterocycles. The van der Waals surface area contributed by atoms with Gasteiger partial charge in [-0.2, -0.15) is 0 Å². The summed E-state index contributed by atoms with van der Waals surface area (Å²) in [5, 5.41) is 5.37. The van der Waals surface area contributed by atoms with Crippen LogP contribution in [0.3, 0.4) is 0 Å². The maximum atomic E-state index is 6.09. The largest absolute Gasteiger partial charge is 0.346 e. The SMILES string of the molecule is CN(C(=S)Nc1cc(Cl)cc(Cl)c1)C12CC3CC(CC(C3)C1)C2. The summed E-state index contributed by atoms with van der Waals surface area (Å²) in [6.45, 7) is 0. The monoisotopic (exact) mass is 368 g/mol. The number of rotatable bonds is 2. The third-order valence-corrected chi connectivity index (χ3v) is 6.95. The van der Waals surface area contributed by atoms with Gasteiger partial charge in [0.2, 0.25) is 0 Å². The first-order valence-electron chi connectivity index (χ1n) is 8.44. The van der Waals surface area contributed by atoms with E-state index >= 15 is 0 Å². The Morgan fingerprint density at radius 2 is 1.52 bits per heavy atom. The Kier molecular flexibility index (Phi) is 4.02. The fourth-order valence-electron chi connectivity index (χ4n) is 5.52. The van der Waals surface area contributed by atoms with Gasteiger partial charge in [0.15, 0.2) is 5.11 Å². The fraction of sp³-hybridized carbons (Fsp3) is 0.611. The van der Waals surface area contributed by atoms with Crippen LogP contribution in [0.5, 0.6) is 0 Å². The Morgan fingerprint density at radius 3 is 2.00 bits per heavy atom. The summed E-state index contributed by atoms with van der Waals surface area (Å²) >= 11 is 17.9. The molecule has 5 rings (SSSR count). The lowest BCUT2D eigenvalue weighted by atomic mass is 9.52. The summed E-state index contributed by atoms with van der Waals surface area (Å²) in [5.74, 6) is 2.73. The number of hydrogen-bond donors (Lipinski definition) is 1. The first kappa shape index (κ1) is 16.0. The van der Waals surface area contributed by atoms with E-state index in [0.717, 1.165) is 28.6 Å². The van der Waals surface area contributed by atoms with Gasteiger partial charge in [-0.1, -0.05) is 23.2 Å². The fourth-order valence-corrected chi connectivity index (χ4v) is 6.36. The number of nitrogens with one attached hydrogen (secondary N) is 1. The molecule has 0 spiro atoms. The third-order valence-electron chi connectivity index (χ3n) is 6.14. The summed E-state index contributed by atoms with van der Waals surface area (Å²) in [6.07, 6.45) is 8.22. The zero-order chi connectivity index (χ0) is 16.2. The molecule has 1 aromatic rings. The minimum atomic E-state index is 0.265. The van der Waals surface area contributed by atoms with Crippen LogP contribution in [0.15, 0.2) is 18.2 Å². The molecule has 124 valence electrons. The van der Waals surface area contributed by atoms with Crippen LogP contribution in [0.4, 0.5) is 5.69 Å². The smallest absolute Gasteiger partial charge is 0.173 e. The molecule has 4 bridgehead atoms. The molecule has 0 saturated heterocycles. The lowest BCUT2D eigenvalue weighted by Gasteiger charge is -2.60. The second kappa shape index (κ2) is 5.79. The lowest BCUT2D eigenvalue weighted by molar-refractivity contribution is -0.0538. The van der Waals surface area contributed by atoms with Crippen molar-refractivity contribution < 1.29 is 0 Å². The van der Waals surface area contributed by atoms with Crippen molar-refractivity contribution >= 4 is 46.2 Å². The molecule has 23 heavy (non-hydrogen) atoms. The molecule has 1 N–H and O–H groups in total. The van der Waals surface area contributed by atoms with Crippen LogP contribution in [-0.4, -0.2) is 22.6 Å². The summed E-state index contributed by atoms with van der Waals surface area (Å²) in [6, 6.07) is 5.47. The zero-order valence-corrected chi connectivity index (χ0v) is 15.6. The van der Waals surface area contributed by atoms with Crippen LogP contribution < -0.4 is 5.32 Å². The Bertz CT molecular complexity index is 590. The first-order valence-corrected chi connectivity index (χ1v) is 9.61. The predicted molar refractivity (Wildman–Crippen MR) is 101 cm³/mol. The second-order valence-electron chi connectivity index (χ2n) is 7.79. The third kappa shape index (κ3) is 2.96. The van der Waals surface area contributed by atoms with Crippen molar-refractivity contribution in [3.63, 3.8) is 0 Å². The molecule has 0 aliphatic heterocycles. The van der Waals surface area contributed by atoms with Gasteiger partial charge in [0.25, 0.3) is 0 Å². The van der Waals surface area contributed by atoms with E-state index in [-0.39, 0.29) is 5.54 Å². The number of anilines is 1. The van der Waals surface area contributed by atoms with Crippen molar-refractivity contribution in [3.05, 3.63) is 28.2 Å². The van der Waals surface area contributed by atoms with Gasteiger partial charge in [0.05, 0.1) is 0 Å². The van der Waals surface area contributed by atoms with E-state index in [9.17, 15) is 0 Å². The molecular formula is C18H22Cl2N2S. The van der Waals surface area contributed by atoms with Crippen molar-refractivity contribution in [2.45, 2.75) is 44.1 Å². The Labute approximate surface area is 153 Å². The van der Waals surface area contributed by atoms with E-state index in [4.69, 9.17) is 35.4 Å². The highest BCUT2D eigenvalue weighted by Gasteiger charge is 2.53. The summed E-state index contributed by atoms with van der Waals surface area (Å²) in [5.41, 5.74) is 1.13. The second-order valence-corrected chi connectivity index (χ2v) is 9.05. The number of nitrogens with zero attached hydrogens (tertiary/aromatic N) is 1. The number of halogens is 2. The Balaban J connectivity index is 1.52. The van der Waals surface area contributed by atoms with Crippen LogP contribution in [0, 0.1) is 17.8 Å². The van der Waals surface area contributed by atoms with Gasteiger partial charge in [0, 0.05) is 28.3 Å². The molecule has 5 heteroatoms. The molecule has 0 atom stereocenters. The summed E-state index contributed by atoms with van der Waals surface area (Å²) in [7, 11) is 2.16. The average Bonchev–Trinajstić information content (AvgIpc) is 2.43. The van der Waals surface area contributed by atoms with Gasteiger partial charge in [-0.15, -0.1) is 0 Å². The molecular weight excluding hydrogens is 347 g/mol. The maximum absolute atomic E-state index is 6.09. The Morgan fingerprint density at radius 1 is 1.04 bits per heavy atom. The summed E-state index contributed by atoms with van der Waals surface area (Å²) < 4.78 is 0. The van der Waals surface area contributed by atoms with E-state index in [1.54, 1.807) is 6.07 Å². The van der Waals surface area contributed by atoms with Gasteiger partial charge >= 0.3 is 0 Å². The van der Waals surface area contributed by atoms with E-state index in [0.29, 0.717) is 10.0 Å². The van der Waals surface area contributed by atoms with Gasteiger partial charge in [-0.05, 0) is 86.7 Å². The molecule has 4 aliphatic carbocycles. The number of benzene rings is 1. The van der Waals surface area contributed by atoms with Crippen LogP contribution in [0.2, 0.25) is 10.0 Å². The highest BCUT2D eigenvalue weighted by molar-refractivity contribution is 7.80. The van der Waals surface area contributed by atoms with Crippen LogP contribution in [0.1, 0.15) is 38.5 Å². The highest BCUT2D eigenvalue weighted by Crippen LogP contribution is 2.57. The molecule has 2 nitrogen and oxygen atoms in total. The quantitative estimate of drug-likeness (QED) is 0.684. The van der Waals surface area contributed by atoms with Gasteiger partial charge in [-0.25, -0.2) is 0 Å². The van der Waals surface area contributed by atoms with Gasteiger partial charge in [0.1, 0.15) is 0 Å². The van der Waals surface area contributed by atoms with E-state index in [1.165, 1.54) is 38.5 Å². The Hall–Kier alpha value is -0.510. The summed E-state index contributed by atoms with van der Waals surface area (Å²) in [4.78, 5) is 2.33. The van der Waals surface area contributed by atoms with Gasteiger partial charge in [-0.3, -0.25) is 0 Å². The molecule has 0 amide bonds. The number of thiocarbonyl (C=S) groups is 1. The van der Waals surface area contributed by atoms with Crippen molar-refractivity contribution in [2.24, 2.45) is 17.8 Å². The number of hydrogen-bond acceptors (Lipinski definition) is 1. The molecule has 0 heterocycles. The van der Waals surface area contributed by atoms with Crippen LogP contribution in [-0.2, 0) is 0 Å². The highest BCUT2D eigenvalue weighted by atomic mass is 35.5.